The summed E-state index contributed by atoms with van der Waals surface area (Å²) in [4.78, 5) is 9.24. The van der Waals surface area contributed by atoms with Gasteiger partial charge in [0.05, 0.1) is 0 Å². The Hall–Kier alpha value is -0.320. The second-order valence-corrected chi connectivity index (χ2v) is 2.06. The van der Waals surface area contributed by atoms with Crippen LogP contribution in [0.2, 0.25) is 0 Å². The molecule has 3 N–H and O–H groups in total. The highest BCUT2D eigenvalue weighted by atomic mass is 35.5. The molecule has 0 radical (unpaired) electrons. The first-order valence-electron chi connectivity index (χ1n) is 3.18. The van der Waals surface area contributed by atoms with Gasteiger partial charge in [-0.2, -0.15) is 0 Å². The van der Waals surface area contributed by atoms with E-state index in [2.05, 4.69) is 0 Å². The van der Waals surface area contributed by atoms with Gasteiger partial charge in [-0.1, -0.05) is 13.3 Å². The Kier molecular flexibility index (Phi) is 11.7. The summed E-state index contributed by atoms with van der Waals surface area (Å²) in [7, 11) is 0. The van der Waals surface area contributed by atoms with E-state index in [0.717, 1.165) is 6.42 Å². The zero-order valence-electron chi connectivity index (χ0n) is 6.33. The summed E-state index contributed by atoms with van der Waals surface area (Å²) in [5.74, 6) is -1.29. The normalized spacial score (nSPS) is 8.82. The minimum Gasteiger partial charge on any atom is -0.480 e. The van der Waals surface area contributed by atoms with Gasteiger partial charge in [-0.05, 0) is 6.42 Å². The fourth-order valence-electron chi connectivity index (χ4n) is 0.258. The zero-order valence-corrected chi connectivity index (χ0v) is 7.08. The van der Waals surface area contributed by atoms with Crippen LogP contribution in [0.1, 0.15) is 19.8 Å². The molecule has 0 spiro atoms. The van der Waals surface area contributed by atoms with Crippen molar-refractivity contribution in [1.29, 1.82) is 0 Å². The van der Waals surface area contributed by atoms with Gasteiger partial charge in [-0.3, -0.25) is 4.79 Å². The summed E-state index contributed by atoms with van der Waals surface area (Å²) in [5.41, 5.74) is 0. The van der Waals surface area contributed by atoms with Crippen LogP contribution < -0.4 is 0 Å². The molecule has 0 unspecified atom stereocenters. The zero-order chi connectivity index (χ0) is 9.28. The van der Waals surface area contributed by atoms with Crippen molar-refractivity contribution >= 4 is 17.6 Å². The number of aliphatic carboxylic acids is 1. The van der Waals surface area contributed by atoms with Crippen LogP contribution in [0.4, 0.5) is 0 Å². The summed E-state index contributed by atoms with van der Waals surface area (Å²) in [6.45, 7) is 1.90. The first kappa shape index (κ1) is 13.3. The highest BCUT2D eigenvalue weighted by Crippen LogP contribution is 1.88. The molecule has 4 nitrogen and oxygen atoms in total. The van der Waals surface area contributed by atoms with Crippen LogP contribution in [0.3, 0.4) is 0 Å². The average Bonchev–Trinajstić information content (AvgIpc) is 1.89. The predicted molar refractivity (Wildman–Crippen MR) is 41.5 cm³/mol. The largest absolute Gasteiger partial charge is 0.480 e. The van der Waals surface area contributed by atoms with Crippen LogP contribution in [0.15, 0.2) is 0 Å². The number of aliphatic hydroxyl groups is 2. The highest BCUT2D eigenvalue weighted by molar-refractivity contribution is 6.26. The lowest BCUT2D eigenvalue weighted by Gasteiger charge is -1.94. The number of aliphatic hydroxyl groups excluding tert-OH is 1. The van der Waals surface area contributed by atoms with E-state index < -0.39 is 12.3 Å². The number of carboxylic acids is 1. The molecular formula is C6H13ClO4. The smallest absolute Gasteiger partial charge is 0.318 e. The molecule has 0 aromatic rings. The van der Waals surface area contributed by atoms with Crippen molar-refractivity contribution in [2.24, 2.45) is 0 Å². The third kappa shape index (κ3) is 26.1. The van der Waals surface area contributed by atoms with Crippen molar-refractivity contribution < 1.29 is 20.1 Å². The monoisotopic (exact) mass is 184 g/mol. The molecule has 0 amide bonds. The lowest BCUT2D eigenvalue weighted by atomic mass is 10.3. The fourth-order valence-corrected chi connectivity index (χ4v) is 0.258. The van der Waals surface area contributed by atoms with Crippen LogP contribution in [0, 0.1) is 0 Å². The van der Waals surface area contributed by atoms with Crippen molar-refractivity contribution in [3.05, 3.63) is 0 Å². The van der Waals surface area contributed by atoms with Crippen LogP contribution in [-0.2, 0) is 4.79 Å². The van der Waals surface area contributed by atoms with Gasteiger partial charge in [-0.25, -0.2) is 0 Å². The van der Waals surface area contributed by atoms with Gasteiger partial charge in [0, 0.05) is 0 Å². The Labute approximate surface area is 70.4 Å². The quantitative estimate of drug-likeness (QED) is 0.439. The summed E-state index contributed by atoms with van der Waals surface area (Å²) in [6, 6.07) is 0. The molecule has 0 heterocycles. The van der Waals surface area contributed by atoms with Crippen molar-refractivity contribution in [3.63, 3.8) is 0 Å². The second-order valence-electron chi connectivity index (χ2n) is 1.80. The Bertz CT molecular complexity index is 94.6. The maximum absolute atomic E-state index is 9.24. The minimum absolute atomic E-state index is 0.306. The van der Waals surface area contributed by atoms with E-state index in [1.807, 2.05) is 6.92 Å². The molecule has 0 saturated carbocycles. The Morgan fingerprint density at radius 1 is 1.55 bits per heavy atom. The first-order valence-corrected chi connectivity index (χ1v) is 3.71. The summed E-state index contributed by atoms with van der Waals surface area (Å²) in [5, 5.41) is 23.8. The first-order chi connectivity index (χ1) is 5.04. The van der Waals surface area contributed by atoms with E-state index in [4.69, 9.17) is 26.9 Å². The third-order valence-electron chi connectivity index (χ3n) is 0.661. The van der Waals surface area contributed by atoms with Crippen molar-refractivity contribution in [2.45, 2.75) is 26.1 Å². The Balaban J connectivity index is 0. The van der Waals surface area contributed by atoms with Crippen LogP contribution in [-0.4, -0.2) is 33.5 Å². The van der Waals surface area contributed by atoms with E-state index in [0.29, 0.717) is 6.42 Å². The number of hydrogen-bond donors (Lipinski definition) is 3. The number of hydrogen-bond acceptors (Lipinski definition) is 3. The second kappa shape index (κ2) is 9.68. The molecule has 11 heavy (non-hydrogen) atoms. The Morgan fingerprint density at radius 2 is 1.91 bits per heavy atom. The van der Waals surface area contributed by atoms with Gasteiger partial charge in [0.15, 0.2) is 6.29 Å². The van der Waals surface area contributed by atoms with Gasteiger partial charge >= 0.3 is 5.97 Å². The molecule has 0 rings (SSSR count). The minimum atomic E-state index is -1.10. The van der Waals surface area contributed by atoms with Gasteiger partial charge in [-0.15, -0.1) is 11.6 Å². The lowest BCUT2D eigenvalue weighted by molar-refractivity contribution is -0.134. The highest BCUT2D eigenvalue weighted by Gasteiger charge is 1.89. The van der Waals surface area contributed by atoms with E-state index in [-0.39, 0.29) is 5.88 Å². The molecule has 0 aliphatic rings. The van der Waals surface area contributed by atoms with Gasteiger partial charge in [0.2, 0.25) is 0 Å². The van der Waals surface area contributed by atoms with Crippen LogP contribution >= 0.6 is 11.6 Å². The van der Waals surface area contributed by atoms with Crippen molar-refractivity contribution in [2.75, 3.05) is 5.88 Å². The van der Waals surface area contributed by atoms with E-state index in [1.165, 1.54) is 0 Å². The molecular weight excluding hydrogens is 172 g/mol. The molecule has 5 heteroatoms. The maximum Gasteiger partial charge on any atom is 0.318 e. The number of carboxylic acid groups (broad SMARTS) is 1. The number of alkyl halides is 1. The number of rotatable bonds is 3. The molecule has 68 valence electrons. The lowest BCUT2D eigenvalue weighted by Crippen LogP contribution is -2.01. The molecule has 0 aromatic heterocycles. The van der Waals surface area contributed by atoms with Gasteiger partial charge < -0.3 is 15.3 Å². The van der Waals surface area contributed by atoms with E-state index in [1.54, 1.807) is 0 Å². The topological polar surface area (TPSA) is 77.8 Å². The third-order valence-corrected chi connectivity index (χ3v) is 0.890. The van der Waals surface area contributed by atoms with Crippen molar-refractivity contribution in [1.82, 2.24) is 0 Å². The number of halogens is 1. The summed E-state index contributed by atoms with van der Waals surface area (Å²) in [6.07, 6.45) is 0.215. The molecule has 0 aliphatic carbocycles. The average molecular weight is 185 g/mol. The number of carbonyl (C=O) groups is 1. The van der Waals surface area contributed by atoms with E-state index >= 15 is 0 Å². The summed E-state index contributed by atoms with van der Waals surface area (Å²) < 4.78 is 0. The van der Waals surface area contributed by atoms with Crippen LogP contribution in [0.5, 0.6) is 0 Å². The SMILES string of the molecule is CCCC(O)O.O=C(O)CCl. The van der Waals surface area contributed by atoms with Gasteiger partial charge in [0.25, 0.3) is 0 Å². The summed E-state index contributed by atoms with van der Waals surface area (Å²) >= 11 is 4.74. The van der Waals surface area contributed by atoms with Crippen molar-refractivity contribution in [3.8, 4) is 0 Å². The molecule has 0 atom stereocenters. The Morgan fingerprint density at radius 3 is 1.91 bits per heavy atom. The van der Waals surface area contributed by atoms with Crippen LogP contribution in [0.25, 0.3) is 0 Å². The van der Waals surface area contributed by atoms with E-state index in [9.17, 15) is 4.79 Å². The fraction of sp³-hybridized carbons (Fsp3) is 0.833. The standard InChI is InChI=1S/C4H10O2.C2H3ClO2/c1-2-3-4(5)6;3-1-2(4)5/h4-6H,2-3H2,1H3;1H2,(H,4,5). The molecule has 0 aliphatic heterocycles. The predicted octanol–water partition coefficient (Wildman–Crippen LogP) is 0.407. The molecule has 0 saturated heterocycles. The molecule has 0 aromatic carbocycles. The maximum atomic E-state index is 9.24. The van der Waals surface area contributed by atoms with Gasteiger partial charge in [0.1, 0.15) is 5.88 Å². The molecule has 0 bridgehead atoms. The molecule has 0 fully saturated rings.